The summed E-state index contributed by atoms with van der Waals surface area (Å²) in [5, 5.41) is 27.2. The van der Waals surface area contributed by atoms with Gasteiger partial charge in [-0.15, -0.1) is 0 Å². The van der Waals surface area contributed by atoms with Gasteiger partial charge in [0.25, 0.3) is 0 Å². The quantitative estimate of drug-likeness (QED) is 0.684. The molecule has 7 nitrogen and oxygen atoms in total. The first-order valence-electron chi connectivity index (χ1n) is 12.8. The molecule has 3 unspecified atom stereocenters. The third-order valence-corrected chi connectivity index (χ3v) is 8.86. The van der Waals surface area contributed by atoms with E-state index in [4.69, 9.17) is 0 Å². The third-order valence-electron chi connectivity index (χ3n) is 8.86. The lowest BCUT2D eigenvalue weighted by Crippen LogP contribution is -2.68. The Bertz CT molecular complexity index is 1020. The van der Waals surface area contributed by atoms with Crippen molar-refractivity contribution < 1.29 is 15.0 Å². The Kier molecular flexibility index (Phi) is 6.19. The molecule has 5 rings (SSSR count). The molecule has 2 aromatic rings. The van der Waals surface area contributed by atoms with E-state index in [0.29, 0.717) is 38.9 Å². The summed E-state index contributed by atoms with van der Waals surface area (Å²) in [5.41, 5.74) is 0.665. The lowest BCUT2D eigenvalue weighted by atomic mass is 9.57. The van der Waals surface area contributed by atoms with E-state index in [2.05, 4.69) is 23.8 Å². The highest BCUT2D eigenvalue weighted by Crippen LogP contribution is 2.53. The standard InChI is InChI=1S/C27H38N4O3/c1-20-4-7-23(32)18-24(20)26-9-15-29(25(33)8-14-31-13-3-12-28-31)17-11-27(26,34)21(2)30(16-10-26)19-22-5-6-22/h3-4,7,12-13,18,21-22,32,34H,5-6,8-11,14-17,19H2,1-2H3. The number of carbonyl (C=O) groups excluding carboxylic acids is 1. The monoisotopic (exact) mass is 466 g/mol. The summed E-state index contributed by atoms with van der Waals surface area (Å²) in [6, 6.07) is 7.40. The molecule has 2 saturated heterocycles. The maximum absolute atomic E-state index is 13.2. The predicted molar refractivity (Wildman–Crippen MR) is 131 cm³/mol. The molecule has 7 heteroatoms. The van der Waals surface area contributed by atoms with Crippen LogP contribution in [0.25, 0.3) is 0 Å². The lowest BCUT2D eigenvalue weighted by molar-refractivity contribution is -0.137. The molecule has 1 aliphatic carbocycles. The van der Waals surface area contributed by atoms with Crippen LogP contribution in [0.3, 0.4) is 0 Å². The van der Waals surface area contributed by atoms with Gasteiger partial charge in [0.2, 0.25) is 5.91 Å². The number of carbonyl (C=O) groups is 1. The van der Waals surface area contributed by atoms with E-state index in [1.54, 1.807) is 16.9 Å². The number of likely N-dealkylation sites (tertiary alicyclic amines) is 2. The van der Waals surface area contributed by atoms with Crippen LogP contribution < -0.4 is 0 Å². The molecule has 0 bridgehead atoms. The Balaban J connectivity index is 1.44. The van der Waals surface area contributed by atoms with Gasteiger partial charge < -0.3 is 15.1 Å². The van der Waals surface area contributed by atoms with Crippen LogP contribution in [-0.2, 0) is 16.8 Å². The van der Waals surface area contributed by atoms with Crippen LogP contribution in [0, 0.1) is 12.8 Å². The van der Waals surface area contributed by atoms with Crippen molar-refractivity contribution in [3.63, 3.8) is 0 Å². The van der Waals surface area contributed by atoms with Gasteiger partial charge in [-0.05, 0) is 87.7 Å². The van der Waals surface area contributed by atoms with Gasteiger partial charge in [-0.2, -0.15) is 5.10 Å². The van der Waals surface area contributed by atoms with Crippen LogP contribution in [0.1, 0.15) is 56.6 Å². The number of aromatic nitrogens is 2. The van der Waals surface area contributed by atoms with Crippen molar-refractivity contribution in [3.8, 4) is 5.75 Å². The predicted octanol–water partition coefficient (Wildman–Crippen LogP) is 3.08. The molecule has 1 aromatic heterocycles. The van der Waals surface area contributed by atoms with Gasteiger partial charge in [0.1, 0.15) is 5.75 Å². The maximum Gasteiger partial charge on any atom is 0.224 e. The van der Waals surface area contributed by atoms with Crippen LogP contribution >= 0.6 is 0 Å². The van der Waals surface area contributed by atoms with Crippen molar-refractivity contribution in [1.29, 1.82) is 0 Å². The number of fused-ring (bicyclic) bond motifs is 1. The van der Waals surface area contributed by atoms with Crippen molar-refractivity contribution in [2.24, 2.45) is 5.92 Å². The molecule has 184 valence electrons. The molecule has 1 amide bonds. The molecule has 2 aliphatic heterocycles. The zero-order valence-electron chi connectivity index (χ0n) is 20.5. The van der Waals surface area contributed by atoms with E-state index in [1.165, 1.54) is 12.8 Å². The summed E-state index contributed by atoms with van der Waals surface area (Å²) in [4.78, 5) is 17.6. The van der Waals surface area contributed by atoms with Crippen molar-refractivity contribution in [1.82, 2.24) is 19.6 Å². The minimum Gasteiger partial charge on any atom is -0.508 e. The van der Waals surface area contributed by atoms with Crippen LogP contribution in [0.5, 0.6) is 5.75 Å². The van der Waals surface area contributed by atoms with Gasteiger partial charge in [0, 0.05) is 56.5 Å². The summed E-state index contributed by atoms with van der Waals surface area (Å²) in [6.07, 6.45) is 8.66. The number of hydrogen-bond acceptors (Lipinski definition) is 5. The first kappa shape index (κ1) is 23.4. The zero-order chi connectivity index (χ0) is 23.9. The van der Waals surface area contributed by atoms with Gasteiger partial charge in [0.05, 0.1) is 5.60 Å². The molecule has 1 saturated carbocycles. The lowest BCUT2D eigenvalue weighted by Gasteiger charge is -2.57. The highest BCUT2D eigenvalue weighted by atomic mass is 16.3. The minimum absolute atomic E-state index is 0.0114. The second-order valence-corrected chi connectivity index (χ2v) is 10.8. The van der Waals surface area contributed by atoms with Crippen molar-refractivity contribution in [3.05, 3.63) is 47.8 Å². The Morgan fingerprint density at radius 1 is 1.18 bits per heavy atom. The Morgan fingerprint density at radius 2 is 1.94 bits per heavy atom. The van der Waals surface area contributed by atoms with Crippen LogP contribution in [0.2, 0.25) is 0 Å². The topological polar surface area (TPSA) is 81.8 Å². The molecular formula is C27H38N4O3. The highest BCUT2D eigenvalue weighted by molar-refractivity contribution is 5.76. The SMILES string of the molecule is Cc1ccc(O)cc1C12CCN(C(=O)CCn3cccn3)CCC1(O)C(C)N(CC1CC1)CC2. The van der Waals surface area contributed by atoms with Crippen LogP contribution in [-0.4, -0.2) is 73.5 Å². The molecule has 3 fully saturated rings. The molecule has 34 heavy (non-hydrogen) atoms. The molecule has 0 spiro atoms. The number of hydrogen-bond donors (Lipinski definition) is 2. The zero-order valence-corrected chi connectivity index (χ0v) is 20.5. The van der Waals surface area contributed by atoms with Crippen LogP contribution in [0.4, 0.5) is 0 Å². The van der Waals surface area contributed by atoms with Crippen molar-refractivity contribution >= 4 is 5.91 Å². The highest BCUT2D eigenvalue weighted by Gasteiger charge is 2.59. The number of rotatable bonds is 6. The number of piperidine rings is 1. The first-order chi connectivity index (χ1) is 16.3. The first-order valence-corrected chi connectivity index (χ1v) is 12.8. The van der Waals surface area contributed by atoms with E-state index in [-0.39, 0.29) is 17.7 Å². The van der Waals surface area contributed by atoms with E-state index in [9.17, 15) is 15.0 Å². The van der Waals surface area contributed by atoms with Crippen LogP contribution in [0.15, 0.2) is 36.7 Å². The van der Waals surface area contributed by atoms with E-state index >= 15 is 0 Å². The van der Waals surface area contributed by atoms with E-state index in [1.807, 2.05) is 29.3 Å². The summed E-state index contributed by atoms with van der Waals surface area (Å²) in [7, 11) is 0. The second kappa shape index (κ2) is 9.00. The fourth-order valence-electron chi connectivity index (χ4n) is 6.54. The number of aliphatic hydroxyl groups is 1. The number of phenolic OH excluding ortho intramolecular Hbond substituents is 1. The molecule has 1 aromatic carbocycles. The van der Waals surface area contributed by atoms with Gasteiger partial charge in [-0.3, -0.25) is 14.4 Å². The average molecular weight is 467 g/mol. The molecule has 2 N–H and O–H groups in total. The summed E-state index contributed by atoms with van der Waals surface area (Å²) in [6.45, 7) is 7.95. The Hall–Kier alpha value is -2.38. The summed E-state index contributed by atoms with van der Waals surface area (Å²) < 4.78 is 1.79. The molecule has 3 atom stereocenters. The van der Waals surface area contributed by atoms with E-state index in [0.717, 1.165) is 36.6 Å². The number of nitrogens with zero attached hydrogens (tertiary/aromatic N) is 4. The number of aromatic hydroxyl groups is 1. The second-order valence-electron chi connectivity index (χ2n) is 10.8. The van der Waals surface area contributed by atoms with Gasteiger partial charge in [-0.1, -0.05) is 6.07 Å². The fourth-order valence-corrected chi connectivity index (χ4v) is 6.54. The van der Waals surface area contributed by atoms with Gasteiger partial charge in [-0.25, -0.2) is 0 Å². The van der Waals surface area contributed by atoms with Gasteiger partial charge >= 0.3 is 0 Å². The normalized spacial score (nSPS) is 30.1. The molecular weight excluding hydrogens is 428 g/mol. The molecule has 0 radical (unpaired) electrons. The number of aryl methyl sites for hydroxylation is 2. The summed E-state index contributed by atoms with van der Waals surface area (Å²) >= 11 is 0. The Labute approximate surface area is 202 Å². The minimum atomic E-state index is -0.976. The molecule has 3 heterocycles. The van der Waals surface area contributed by atoms with Gasteiger partial charge in [0.15, 0.2) is 0 Å². The average Bonchev–Trinajstić information content (AvgIpc) is 3.52. The Morgan fingerprint density at radius 3 is 2.68 bits per heavy atom. The largest absolute Gasteiger partial charge is 0.508 e. The third kappa shape index (κ3) is 4.13. The summed E-state index contributed by atoms with van der Waals surface area (Å²) in [5.74, 6) is 1.11. The smallest absolute Gasteiger partial charge is 0.224 e. The maximum atomic E-state index is 13.2. The molecule has 3 aliphatic rings. The van der Waals surface area contributed by atoms with Crippen molar-refractivity contribution in [2.75, 3.05) is 26.2 Å². The number of benzene rings is 1. The van der Waals surface area contributed by atoms with E-state index < -0.39 is 11.0 Å². The number of phenols is 1. The fraction of sp³-hybridized carbons (Fsp3) is 0.630. The number of amides is 1. The van der Waals surface area contributed by atoms with Crippen molar-refractivity contribution in [2.45, 2.75) is 76.0 Å².